The van der Waals surface area contributed by atoms with Crippen LogP contribution in [0.2, 0.25) is 15.1 Å². The van der Waals surface area contributed by atoms with Gasteiger partial charge in [0.25, 0.3) is 11.8 Å². The molecule has 36 heavy (non-hydrogen) atoms. The van der Waals surface area contributed by atoms with Gasteiger partial charge in [-0.2, -0.15) is 0 Å². The van der Waals surface area contributed by atoms with Gasteiger partial charge in [0.1, 0.15) is 5.75 Å². The maximum absolute atomic E-state index is 12.9. The van der Waals surface area contributed by atoms with E-state index in [1.807, 2.05) is 49.1 Å². The molecule has 1 heterocycles. The standard InChI is InChI=1S/C27H26Cl3N3O3/c1-17-5-3-4-6-21(17)27(35)33-11-9-32(10-12-33)24-8-7-20(15-22(24)29)31-25(34)16-36-26-18(2)13-19(28)14-23(26)30/h3-8,13-15H,9-12,16H2,1-2H3,(H,31,34). The highest BCUT2D eigenvalue weighted by atomic mass is 35.5. The second-order valence-electron chi connectivity index (χ2n) is 8.63. The molecule has 0 radical (unpaired) electrons. The number of ether oxygens (including phenoxy) is 1. The third-order valence-electron chi connectivity index (χ3n) is 6.06. The molecule has 0 aliphatic carbocycles. The van der Waals surface area contributed by atoms with E-state index in [9.17, 15) is 9.59 Å². The molecular weight excluding hydrogens is 521 g/mol. The molecule has 0 spiro atoms. The van der Waals surface area contributed by atoms with E-state index in [2.05, 4.69) is 10.2 Å². The van der Waals surface area contributed by atoms with Gasteiger partial charge in [-0.05, 0) is 61.4 Å². The van der Waals surface area contributed by atoms with Crippen molar-refractivity contribution >= 4 is 58.0 Å². The predicted octanol–water partition coefficient (Wildman–Crippen LogP) is 6.24. The number of halogens is 3. The number of nitrogens with one attached hydrogen (secondary N) is 1. The Bertz CT molecular complexity index is 1270. The van der Waals surface area contributed by atoms with E-state index in [-0.39, 0.29) is 18.4 Å². The molecule has 1 aliphatic heterocycles. The van der Waals surface area contributed by atoms with Crippen LogP contribution in [-0.4, -0.2) is 49.5 Å². The summed E-state index contributed by atoms with van der Waals surface area (Å²) in [6, 6.07) is 16.3. The van der Waals surface area contributed by atoms with Gasteiger partial charge in [-0.3, -0.25) is 9.59 Å². The van der Waals surface area contributed by atoms with Gasteiger partial charge in [-0.1, -0.05) is 53.0 Å². The highest BCUT2D eigenvalue weighted by Crippen LogP contribution is 2.32. The molecule has 6 nitrogen and oxygen atoms in total. The van der Waals surface area contributed by atoms with E-state index in [4.69, 9.17) is 39.5 Å². The van der Waals surface area contributed by atoms with Crippen molar-refractivity contribution in [3.05, 3.63) is 86.4 Å². The smallest absolute Gasteiger partial charge is 0.262 e. The maximum atomic E-state index is 12.9. The van der Waals surface area contributed by atoms with Crippen LogP contribution in [0.4, 0.5) is 11.4 Å². The third-order valence-corrected chi connectivity index (χ3v) is 6.86. The van der Waals surface area contributed by atoms with Crippen LogP contribution >= 0.6 is 34.8 Å². The predicted molar refractivity (Wildman–Crippen MR) is 146 cm³/mol. The number of piperazine rings is 1. The Morgan fingerprint density at radius 2 is 1.61 bits per heavy atom. The molecular formula is C27H26Cl3N3O3. The fourth-order valence-electron chi connectivity index (χ4n) is 4.18. The van der Waals surface area contributed by atoms with E-state index < -0.39 is 0 Å². The largest absolute Gasteiger partial charge is 0.482 e. The Kier molecular flexibility index (Phi) is 8.29. The number of carbonyl (C=O) groups excluding carboxylic acids is 2. The number of amides is 2. The number of nitrogens with zero attached hydrogens (tertiary/aromatic N) is 2. The van der Waals surface area contributed by atoms with Gasteiger partial charge in [0, 0.05) is 42.5 Å². The maximum Gasteiger partial charge on any atom is 0.262 e. The van der Waals surface area contributed by atoms with Crippen LogP contribution in [-0.2, 0) is 4.79 Å². The zero-order chi connectivity index (χ0) is 25.8. The number of carbonyl (C=O) groups is 2. The number of anilines is 2. The molecule has 1 fully saturated rings. The highest BCUT2D eigenvalue weighted by molar-refractivity contribution is 6.35. The van der Waals surface area contributed by atoms with Gasteiger partial charge in [-0.15, -0.1) is 0 Å². The average molecular weight is 547 g/mol. The Hall–Kier alpha value is -2.93. The lowest BCUT2D eigenvalue weighted by Crippen LogP contribution is -2.49. The van der Waals surface area contributed by atoms with Gasteiger partial charge in [0.15, 0.2) is 6.61 Å². The van der Waals surface area contributed by atoms with Gasteiger partial charge in [-0.25, -0.2) is 0 Å². The molecule has 1 saturated heterocycles. The summed E-state index contributed by atoms with van der Waals surface area (Å²) in [6.07, 6.45) is 0. The molecule has 1 N–H and O–H groups in total. The second kappa shape index (κ2) is 11.4. The number of aryl methyl sites for hydroxylation is 2. The minimum atomic E-state index is -0.340. The van der Waals surface area contributed by atoms with Crippen LogP contribution in [0.15, 0.2) is 54.6 Å². The fraction of sp³-hybridized carbons (Fsp3) is 0.259. The van der Waals surface area contributed by atoms with Crippen LogP contribution in [0.25, 0.3) is 0 Å². The molecule has 3 aromatic rings. The van der Waals surface area contributed by atoms with Crippen molar-refractivity contribution in [3.63, 3.8) is 0 Å². The van der Waals surface area contributed by atoms with E-state index in [1.165, 1.54) is 0 Å². The lowest BCUT2D eigenvalue weighted by Gasteiger charge is -2.36. The van der Waals surface area contributed by atoms with Crippen molar-refractivity contribution in [2.75, 3.05) is 43.0 Å². The molecule has 188 valence electrons. The zero-order valence-electron chi connectivity index (χ0n) is 20.0. The first-order valence-electron chi connectivity index (χ1n) is 11.5. The van der Waals surface area contributed by atoms with E-state index >= 15 is 0 Å². The van der Waals surface area contributed by atoms with Gasteiger partial charge >= 0.3 is 0 Å². The molecule has 0 bridgehead atoms. The number of hydrogen-bond donors (Lipinski definition) is 1. The quantitative estimate of drug-likeness (QED) is 0.397. The molecule has 1 aliphatic rings. The van der Waals surface area contributed by atoms with Crippen LogP contribution in [0.3, 0.4) is 0 Å². The topological polar surface area (TPSA) is 61.9 Å². The average Bonchev–Trinajstić information content (AvgIpc) is 2.83. The summed E-state index contributed by atoms with van der Waals surface area (Å²) >= 11 is 18.7. The normalized spacial score (nSPS) is 13.5. The lowest BCUT2D eigenvalue weighted by atomic mass is 10.1. The number of benzene rings is 3. The number of hydrogen-bond acceptors (Lipinski definition) is 4. The van der Waals surface area contributed by atoms with Crippen LogP contribution in [0.5, 0.6) is 5.75 Å². The van der Waals surface area contributed by atoms with Gasteiger partial charge in [0.05, 0.1) is 15.7 Å². The minimum Gasteiger partial charge on any atom is -0.482 e. The Morgan fingerprint density at radius 1 is 0.889 bits per heavy atom. The summed E-state index contributed by atoms with van der Waals surface area (Å²) in [5.41, 5.74) is 3.87. The zero-order valence-corrected chi connectivity index (χ0v) is 22.3. The summed E-state index contributed by atoms with van der Waals surface area (Å²) in [7, 11) is 0. The van der Waals surface area contributed by atoms with Gasteiger partial charge < -0.3 is 19.9 Å². The Morgan fingerprint density at radius 3 is 2.28 bits per heavy atom. The second-order valence-corrected chi connectivity index (χ2v) is 9.88. The fourth-order valence-corrected chi connectivity index (χ4v) is 5.13. The van der Waals surface area contributed by atoms with E-state index in [0.717, 1.165) is 22.4 Å². The first-order chi connectivity index (χ1) is 17.2. The first kappa shape index (κ1) is 26.1. The van der Waals surface area contributed by atoms with Crippen LogP contribution in [0.1, 0.15) is 21.5 Å². The molecule has 9 heteroatoms. The van der Waals surface area contributed by atoms with Crippen molar-refractivity contribution in [2.24, 2.45) is 0 Å². The van der Waals surface area contributed by atoms with Crippen molar-refractivity contribution in [3.8, 4) is 5.75 Å². The van der Waals surface area contributed by atoms with Crippen LogP contribution < -0.4 is 15.0 Å². The summed E-state index contributed by atoms with van der Waals surface area (Å²) in [5, 5.41) is 4.16. The van der Waals surface area contributed by atoms with Gasteiger partial charge in [0.2, 0.25) is 0 Å². The molecule has 0 saturated carbocycles. The lowest BCUT2D eigenvalue weighted by molar-refractivity contribution is -0.118. The van der Waals surface area contributed by atoms with Crippen molar-refractivity contribution in [1.82, 2.24) is 4.90 Å². The summed E-state index contributed by atoms with van der Waals surface area (Å²) in [4.78, 5) is 29.3. The van der Waals surface area contributed by atoms with Crippen LogP contribution in [0, 0.1) is 13.8 Å². The summed E-state index contributed by atoms with van der Waals surface area (Å²) in [6.45, 7) is 6.08. The highest BCUT2D eigenvalue weighted by Gasteiger charge is 2.24. The monoisotopic (exact) mass is 545 g/mol. The Labute approximate surface area is 225 Å². The first-order valence-corrected chi connectivity index (χ1v) is 12.6. The van der Waals surface area contributed by atoms with E-state index in [1.54, 1.807) is 24.3 Å². The Balaban J connectivity index is 1.32. The summed E-state index contributed by atoms with van der Waals surface area (Å²) in [5.74, 6) is 0.131. The SMILES string of the molecule is Cc1ccccc1C(=O)N1CCN(c2ccc(NC(=O)COc3c(C)cc(Cl)cc3Cl)cc2Cl)CC1. The molecule has 4 rings (SSSR count). The van der Waals surface area contributed by atoms with Crippen molar-refractivity contribution in [1.29, 1.82) is 0 Å². The van der Waals surface area contributed by atoms with Crippen molar-refractivity contribution < 1.29 is 14.3 Å². The number of rotatable bonds is 6. The summed E-state index contributed by atoms with van der Waals surface area (Å²) < 4.78 is 5.60. The molecule has 3 aromatic carbocycles. The minimum absolute atomic E-state index is 0.0502. The molecule has 2 amide bonds. The van der Waals surface area contributed by atoms with Crippen molar-refractivity contribution in [2.45, 2.75) is 13.8 Å². The molecule has 0 aromatic heterocycles. The third kappa shape index (κ3) is 6.06. The molecule has 0 atom stereocenters. The molecule has 0 unspecified atom stereocenters. The van der Waals surface area contributed by atoms with E-state index in [0.29, 0.717) is 52.7 Å².